The van der Waals surface area contributed by atoms with Crippen LogP contribution in [0.4, 0.5) is 0 Å². The standard InChI is InChI=1S/C21H34N6O/c1-6-28-14-8-12-22-21(24-15-20-26-25-18(4)27(20)5)23-13-11-19-16(2)9-7-10-17(19)3/h7,9-10H,6,8,11-15H2,1-5H3,(H2,22,23,24). The highest BCUT2D eigenvalue weighted by atomic mass is 16.5. The zero-order chi connectivity index (χ0) is 20.4. The Morgan fingerprint density at radius 2 is 1.82 bits per heavy atom. The minimum atomic E-state index is 0.488. The van der Waals surface area contributed by atoms with Gasteiger partial charge in [-0.25, -0.2) is 4.99 Å². The molecule has 2 aromatic rings. The van der Waals surface area contributed by atoms with E-state index in [2.05, 4.69) is 52.9 Å². The third-order valence-corrected chi connectivity index (χ3v) is 4.84. The lowest BCUT2D eigenvalue weighted by atomic mass is 10.0. The normalized spacial score (nSPS) is 11.7. The maximum atomic E-state index is 5.41. The molecule has 7 nitrogen and oxygen atoms in total. The molecule has 0 saturated heterocycles. The number of rotatable bonds is 10. The second-order valence-corrected chi connectivity index (χ2v) is 6.91. The number of guanidine groups is 1. The van der Waals surface area contributed by atoms with Crippen molar-refractivity contribution in [2.24, 2.45) is 12.0 Å². The number of aliphatic imine (C=N–C) groups is 1. The molecule has 0 amide bonds. The SMILES string of the molecule is CCOCCCNC(=NCc1nnc(C)n1C)NCCc1c(C)cccc1C. The molecule has 1 aromatic heterocycles. The van der Waals surface area contributed by atoms with E-state index >= 15 is 0 Å². The molecule has 0 aliphatic carbocycles. The number of nitrogens with one attached hydrogen (secondary N) is 2. The Hall–Kier alpha value is -2.41. The van der Waals surface area contributed by atoms with Crippen molar-refractivity contribution in [1.82, 2.24) is 25.4 Å². The van der Waals surface area contributed by atoms with Crippen LogP contribution >= 0.6 is 0 Å². The summed E-state index contributed by atoms with van der Waals surface area (Å²) >= 11 is 0. The molecular weight excluding hydrogens is 352 g/mol. The summed E-state index contributed by atoms with van der Waals surface area (Å²) < 4.78 is 7.37. The van der Waals surface area contributed by atoms with E-state index in [0.29, 0.717) is 6.54 Å². The van der Waals surface area contributed by atoms with Crippen LogP contribution in [-0.4, -0.2) is 47.0 Å². The summed E-state index contributed by atoms with van der Waals surface area (Å²) in [6.07, 6.45) is 1.90. The van der Waals surface area contributed by atoms with E-state index < -0.39 is 0 Å². The van der Waals surface area contributed by atoms with Crippen LogP contribution in [0.3, 0.4) is 0 Å². The summed E-state index contributed by atoms with van der Waals surface area (Å²) in [5.74, 6) is 2.53. The van der Waals surface area contributed by atoms with Gasteiger partial charge in [0.2, 0.25) is 0 Å². The molecule has 0 unspecified atom stereocenters. The minimum Gasteiger partial charge on any atom is -0.382 e. The molecule has 0 atom stereocenters. The Bertz CT molecular complexity index is 748. The molecule has 0 bridgehead atoms. The fourth-order valence-electron chi connectivity index (χ4n) is 2.99. The third-order valence-electron chi connectivity index (χ3n) is 4.84. The van der Waals surface area contributed by atoms with Gasteiger partial charge < -0.3 is 19.9 Å². The lowest BCUT2D eigenvalue weighted by Crippen LogP contribution is -2.39. The first-order valence-corrected chi connectivity index (χ1v) is 10.0. The number of hydrogen-bond donors (Lipinski definition) is 2. The number of aromatic nitrogens is 3. The maximum Gasteiger partial charge on any atom is 0.191 e. The van der Waals surface area contributed by atoms with Gasteiger partial charge in [-0.3, -0.25) is 0 Å². The summed E-state index contributed by atoms with van der Waals surface area (Å²) in [5.41, 5.74) is 4.06. The van der Waals surface area contributed by atoms with Gasteiger partial charge >= 0.3 is 0 Å². The molecule has 0 saturated carbocycles. The van der Waals surface area contributed by atoms with Crippen LogP contribution in [0, 0.1) is 20.8 Å². The van der Waals surface area contributed by atoms with Crippen LogP contribution in [0.2, 0.25) is 0 Å². The van der Waals surface area contributed by atoms with Gasteiger partial charge in [-0.15, -0.1) is 10.2 Å². The highest BCUT2D eigenvalue weighted by molar-refractivity contribution is 5.79. The van der Waals surface area contributed by atoms with Gasteiger partial charge in [0.1, 0.15) is 12.4 Å². The zero-order valence-corrected chi connectivity index (χ0v) is 17.9. The van der Waals surface area contributed by atoms with Crippen LogP contribution < -0.4 is 10.6 Å². The van der Waals surface area contributed by atoms with Crippen LogP contribution in [0.15, 0.2) is 23.2 Å². The van der Waals surface area contributed by atoms with Gasteiger partial charge in [0.15, 0.2) is 11.8 Å². The molecule has 2 N–H and O–H groups in total. The molecule has 28 heavy (non-hydrogen) atoms. The fraction of sp³-hybridized carbons (Fsp3) is 0.571. The van der Waals surface area contributed by atoms with Crippen molar-refractivity contribution in [1.29, 1.82) is 0 Å². The van der Waals surface area contributed by atoms with E-state index in [0.717, 1.165) is 56.8 Å². The van der Waals surface area contributed by atoms with E-state index in [1.807, 2.05) is 25.5 Å². The van der Waals surface area contributed by atoms with E-state index in [1.54, 1.807) is 0 Å². The highest BCUT2D eigenvalue weighted by Crippen LogP contribution is 2.13. The smallest absolute Gasteiger partial charge is 0.191 e. The van der Waals surface area contributed by atoms with E-state index in [-0.39, 0.29) is 0 Å². The first-order chi connectivity index (χ1) is 13.5. The number of ether oxygens (including phenoxy) is 1. The van der Waals surface area contributed by atoms with Gasteiger partial charge in [0.25, 0.3) is 0 Å². The van der Waals surface area contributed by atoms with Crippen LogP contribution in [-0.2, 0) is 24.8 Å². The Balaban J connectivity index is 1.94. The highest BCUT2D eigenvalue weighted by Gasteiger charge is 2.06. The second kappa shape index (κ2) is 11.4. The average molecular weight is 387 g/mol. The zero-order valence-electron chi connectivity index (χ0n) is 17.9. The number of hydrogen-bond acceptors (Lipinski definition) is 4. The predicted molar refractivity (Wildman–Crippen MR) is 114 cm³/mol. The van der Waals surface area contributed by atoms with Crippen LogP contribution in [0.5, 0.6) is 0 Å². The van der Waals surface area contributed by atoms with Crippen molar-refractivity contribution in [3.05, 3.63) is 46.5 Å². The largest absolute Gasteiger partial charge is 0.382 e. The quantitative estimate of drug-likeness (QED) is 0.373. The molecule has 7 heteroatoms. The molecule has 0 radical (unpaired) electrons. The fourth-order valence-corrected chi connectivity index (χ4v) is 2.99. The van der Waals surface area contributed by atoms with E-state index in [9.17, 15) is 0 Å². The van der Waals surface area contributed by atoms with E-state index in [4.69, 9.17) is 9.73 Å². The molecular formula is C21H34N6O. The van der Waals surface area contributed by atoms with Crippen molar-refractivity contribution >= 4 is 5.96 Å². The monoisotopic (exact) mass is 386 g/mol. The van der Waals surface area contributed by atoms with E-state index in [1.165, 1.54) is 16.7 Å². The first kappa shape index (κ1) is 21.9. The Labute approximate surface area is 168 Å². The van der Waals surface area contributed by atoms with Gasteiger partial charge in [-0.05, 0) is 57.2 Å². The molecule has 1 heterocycles. The molecule has 2 rings (SSSR count). The van der Waals surface area contributed by atoms with Crippen LogP contribution in [0.25, 0.3) is 0 Å². The van der Waals surface area contributed by atoms with Crippen molar-refractivity contribution in [2.75, 3.05) is 26.3 Å². The van der Waals surface area contributed by atoms with Gasteiger partial charge in [-0.2, -0.15) is 0 Å². The van der Waals surface area contributed by atoms with Crippen molar-refractivity contribution in [3.63, 3.8) is 0 Å². The molecule has 0 fully saturated rings. The van der Waals surface area contributed by atoms with Crippen molar-refractivity contribution in [3.8, 4) is 0 Å². The number of benzene rings is 1. The maximum absolute atomic E-state index is 5.41. The molecule has 0 aliphatic rings. The topological polar surface area (TPSA) is 76.4 Å². The molecule has 1 aromatic carbocycles. The van der Waals surface area contributed by atoms with Gasteiger partial charge in [-0.1, -0.05) is 18.2 Å². The summed E-state index contributed by atoms with van der Waals surface area (Å²) in [7, 11) is 1.96. The lowest BCUT2D eigenvalue weighted by molar-refractivity contribution is 0.145. The first-order valence-electron chi connectivity index (χ1n) is 10.0. The van der Waals surface area contributed by atoms with Gasteiger partial charge in [0, 0.05) is 33.4 Å². The third kappa shape index (κ3) is 6.64. The second-order valence-electron chi connectivity index (χ2n) is 6.91. The Kier molecular flexibility index (Phi) is 8.94. The molecule has 0 spiro atoms. The van der Waals surface area contributed by atoms with Crippen LogP contribution in [0.1, 0.15) is 41.7 Å². The minimum absolute atomic E-state index is 0.488. The molecule has 0 aliphatic heterocycles. The summed E-state index contributed by atoms with van der Waals surface area (Å²) in [6.45, 7) is 11.9. The summed E-state index contributed by atoms with van der Waals surface area (Å²) in [6, 6.07) is 6.44. The average Bonchev–Trinajstić information content (AvgIpc) is 2.99. The summed E-state index contributed by atoms with van der Waals surface area (Å²) in [4.78, 5) is 4.69. The van der Waals surface area contributed by atoms with Crippen molar-refractivity contribution in [2.45, 2.75) is 47.1 Å². The Morgan fingerprint density at radius 1 is 1.11 bits per heavy atom. The number of aryl methyl sites for hydroxylation is 3. The molecule has 154 valence electrons. The summed E-state index contributed by atoms with van der Waals surface area (Å²) in [5, 5.41) is 15.1. The van der Waals surface area contributed by atoms with Crippen molar-refractivity contribution < 1.29 is 4.74 Å². The lowest BCUT2D eigenvalue weighted by Gasteiger charge is -2.14. The van der Waals surface area contributed by atoms with Gasteiger partial charge in [0.05, 0.1) is 0 Å². The number of nitrogens with zero attached hydrogens (tertiary/aromatic N) is 4. The predicted octanol–water partition coefficient (Wildman–Crippen LogP) is 2.44. The Morgan fingerprint density at radius 3 is 2.46 bits per heavy atom.